The largest absolute Gasteiger partial charge is 0.240 e. The summed E-state index contributed by atoms with van der Waals surface area (Å²) in [4.78, 5) is 1.43. The van der Waals surface area contributed by atoms with Crippen molar-refractivity contribution in [1.82, 2.24) is 30.0 Å². The summed E-state index contributed by atoms with van der Waals surface area (Å²) in [5, 5.41) is 16.1. The van der Waals surface area contributed by atoms with E-state index in [1.807, 2.05) is 36.5 Å². The number of rotatable bonds is 2. The Morgan fingerprint density at radius 1 is 1.12 bits per heavy atom. The summed E-state index contributed by atoms with van der Waals surface area (Å²) in [6.45, 7) is 0. The lowest BCUT2D eigenvalue weighted by molar-refractivity contribution is 0.630. The molecular weight excluding hydrogens is 216 g/mol. The molecule has 6 heteroatoms. The van der Waals surface area contributed by atoms with Crippen molar-refractivity contribution in [2.75, 3.05) is 0 Å². The number of hydrogen-bond acceptors (Lipinski definition) is 4. The van der Waals surface area contributed by atoms with Gasteiger partial charge in [0.1, 0.15) is 0 Å². The van der Waals surface area contributed by atoms with Gasteiger partial charge in [-0.25, -0.2) is 4.68 Å². The lowest BCUT2D eigenvalue weighted by Gasteiger charge is -1.98. The molecule has 0 saturated carbocycles. The van der Waals surface area contributed by atoms with Gasteiger partial charge in [0.05, 0.1) is 24.5 Å². The number of aromatic nitrogens is 6. The van der Waals surface area contributed by atoms with Crippen molar-refractivity contribution in [2.45, 2.75) is 0 Å². The first-order valence-electron chi connectivity index (χ1n) is 5.17. The number of nitrogens with zero attached hydrogens (tertiary/aromatic N) is 6. The Bertz CT molecular complexity index is 624. The Hall–Kier alpha value is -2.50. The maximum absolute atomic E-state index is 4.27. The van der Waals surface area contributed by atoms with Crippen LogP contribution in [-0.2, 0) is 7.05 Å². The van der Waals surface area contributed by atoms with Gasteiger partial charge in [-0.15, -0.1) is 10.2 Å². The van der Waals surface area contributed by atoms with Crippen LogP contribution in [0.15, 0.2) is 42.7 Å². The SMILES string of the molecule is Cn1nnc(-c2cnn(-c3ccccc3)c2)n1. The summed E-state index contributed by atoms with van der Waals surface area (Å²) < 4.78 is 1.78. The van der Waals surface area contributed by atoms with Gasteiger partial charge < -0.3 is 0 Å². The number of benzene rings is 1. The Morgan fingerprint density at radius 2 is 1.94 bits per heavy atom. The highest BCUT2D eigenvalue weighted by Gasteiger charge is 2.07. The molecule has 0 amide bonds. The van der Waals surface area contributed by atoms with Crippen LogP contribution in [0.2, 0.25) is 0 Å². The molecule has 0 unspecified atom stereocenters. The second kappa shape index (κ2) is 3.82. The van der Waals surface area contributed by atoms with Gasteiger partial charge in [0.15, 0.2) is 0 Å². The molecule has 0 radical (unpaired) electrons. The maximum Gasteiger partial charge on any atom is 0.208 e. The van der Waals surface area contributed by atoms with E-state index in [1.54, 1.807) is 17.9 Å². The van der Waals surface area contributed by atoms with Crippen molar-refractivity contribution in [2.24, 2.45) is 7.05 Å². The molecule has 0 bridgehead atoms. The third kappa shape index (κ3) is 1.80. The summed E-state index contributed by atoms with van der Waals surface area (Å²) in [5.74, 6) is 0.578. The van der Waals surface area contributed by atoms with E-state index >= 15 is 0 Å². The van der Waals surface area contributed by atoms with Crippen LogP contribution in [0.3, 0.4) is 0 Å². The maximum atomic E-state index is 4.27. The number of aryl methyl sites for hydroxylation is 1. The van der Waals surface area contributed by atoms with Gasteiger partial charge in [-0.1, -0.05) is 18.2 Å². The molecule has 3 rings (SSSR count). The van der Waals surface area contributed by atoms with Gasteiger partial charge in [0.2, 0.25) is 5.82 Å². The van der Waals surface area contributed by atoms with Gasteiger partial charge >= 0.3 is 0 Å². The van der Waals surface area contributed by atoms with Crippen molar-refractivity contribution < 1.29 is 0 Å². The average molecular weight is 226 g/mol. The zero-order valence-electron chi connectivity index (χ0n) is 9.22. The van der Waals surface area contributed by atoms with Crippen molar-refractivity contribution in [3.8, 4) is 17.1 Å². The third-order valence-electron chi connectivity index (χ3n) is 2.37. The molecule has 0 spiro atoms. The molecule has 0 saturated heterocycles. The fraction of sp³-hybridized carbons (Fsp3) is 0.0909. The van der Waals surface area contributed by atoms with E-state index in [2.05, 4.69) is 20.5 Å². The standard InChI is InChI=1S/C11H10N6/c1-16-14-11(13-15-16)9-7-12-17(8-9)10-5-3-2-4-6-10/h2-8H,1H3. The van der Waals surface area contributed by atoms with Crippen molar-refractivity contribution in [3.63, 3.8) is 0 Å². The predicted octanol–water partition coefficient (Wildman–Crippen LogP) is 1.06. The summed E-state index contributed by atoms with van der Waals surface area (Å²) in [5.41, 5.74) is 1.85. The Morgan fingerprint density at radius 3 is 2.65 bits per heavy atom. The van der Waals surface area contributed by atoms with E-state index in [0.717, 1.165) is 11.3 Å². The second-order valence-corrected chi connectivity index (χ2v) is 3.61. The van der Waals surface area contributed by atoms with E-state index < -0.39 is 0 Å². The fourth-order valence-electron chi connectivity index (χ4n) is 1.56. The molecule has 0 N–H and O–H groups in total. The molecule has 84 valence electrons. The molecule has 2 heterocycles. The second-order valence-electron chi connectivity index (χ2n) is 3.61. The first kappa shape index (κ1) is 9.71. The molecule has 0 aliphatic carbocycles. The molecular formula is C11H10N6. The highest BCUT2D eigenvalue weighted by molar-refractivity contribution is 5.52. The van der Waals surface area contributed by atoms with Crippen LogP contribution in [0.25, 0.3) is 17.1 Å². The first-order chi connectivity index (χ1) is 8.33. The Labute approximate surface area is 97.5 Å². The van der Waals surface area contributed by atoms with E-state index in [-0.39, 0.29) is 0 Å². The summed E-state index contributed by atoms with van der Waals surface area (Å²) in [7, 11) is 1.73. The molecule has 2 aromatic heterocycles. The summed E-state index contributed by atoms with van der Waals surface area (Å²) in [6.07, 6.45) is 3.61. The highest BCUT2D eigenvalue weighted by atomic mass is 15.6. The van der Waals surface area contributed by atoms with Crippen LogP contribution >= 0.6 is 0 Å². The van der Waals surface area contributed by atoms with Gasteiger partial charge in [-0.3, -0.25) is 0 Å². The topological polar surface area (TPSA) is 61.4 Å². The van der Waals surface area contributed by atoms with Gasteiger partial charge in [0.25, 0.3) is 0 Å². The van der Waals surface area contributed by atoms with Crippen molar-refractivity contribution in [1.29, 1.82) is 0 Å². The zero-order chi connectivity index (χ0) is 11.7. The summed E-state index contributed by atoms with van der Waals surface area (Å²) >= 11 is 0. The smallest absolute Gasteiger partial charge is 0.208 e. The minimum absolute atomic E-state index is 0.578. The van der Waals surface area contributed by atoms with Crippen molar-refractivity contribution in [3.05, 3.63) is 42.7 Å². The average Bonchev–Trinajstić information content (AvgIpc) is 2.98. The zero-order valence-corrected chi connectivity index (χ0v) is 9.22. The molecule has 1 aromatic carbocycles. The molecule has 3 aromatic rings. The van der Waals surface area contributed by atoms with E-state index in [1.165, 1.54) is 4.80 Å². The monoisotopic (exact) mass is 226 g/mol. The predicted molar refractivity (Wildman–Crippen MR) is 61.4 cm³/mol. The van der Waals surface area contributed by atoms with E-state index in [0.29, 0.717) is 5.82 Å². The van der Waals surface area contributed by atoms with Gasteiger partial charge in [-0.2, -0.15) is 9.90 Å². The quantitative estimate of drug-likeness (QED) is 0.655. The summed E-state index contributed by atoms with van der Waals surface area (Å²) in [6, 6.07) is 9.88. The Balaban J connectivity index is 1.99. The third-order valence-corrected chi connectivity index (χ3v) is 2.37. The van der Waals surface area contributed by atoms with Gasteiger partial charge in [0, 0.05) is 6.20 Å². The molecule has 17 heavy (non-hydrogen) atoms. The van der Waals surface area contributed by atoms with Crippen LogP contribution < -0.4 is 0 Å². The highest BCUT2D eigenvalue weighted by Crippen LogP contribution is 2.14. The molecule has 0 fully saturated rings. The van der Waals surface area contributed by atoms with Gasteiger partial charge in [-0.05, 0) is 17.3 Å². The normalized spacial score (nSPS) is 10.6. The Kier molecular flexibility index (Phi) is 2.18. The van der Waals surface area contributed by atoms with Crippen LogP contribution in [0.4, 0.5) is 0 Å². The molecule has 0 aliphatic heterocycles. The minimum atomic E-state index is 0.578. The number of hydrogen-bond donors (Lipinski definition) is 0. The number of tetrazole rings is 1. The first-order valence-corrected chi connectivity index (χ1v) is 5.17. The molecule has 6 nitrogen and oxygen atoms in total. The van der Waals surface area contributed by atoms with Crippen LogP contribution in [0.5, 0.6) is 0 Å². The molecule has 0 aliphatic rings. The van der Waals surface area contributed by atoms with Crippen LogP contribution in [0.1, 0.15) is 0 Å². The minimum Gasteiger partial charge on any atom is -0.240 e. The molecule has 0 atom stereocenters. The van der Waals surface area contributed by atoms with E-state index in [9.17, 15) is 0 Å². The van der Waals surface area contributed by atoms with Crippen LogP contribution in [0, 0.1) is 0 Å². The fourth-order valence-corrected chi connectivity index (χ4v) is 1.56. The number of para-hydroxylation sites is 1. The van der Waals surface area contributed by atoms with Crippen molar-refractivity contribution >= 4 is 0 Å². The lowest BCUT2D eigenvalue weighted by atomic mass is 10.3. The van der Waals surface area contributed by atoms with Crippen LogP contribution in [-0.4, -0.2) is 30.0 Å². The lowest BCUT2D eigenvalue weighted by Crippen LogP contribution is -1.92. The van der Waals surface area contributed by atoms with E-state index in [4.69, 9.17) is 0 Å².